The van der Waals surface area contributed by atoms with Crippen LogP contribution in [0.2, 0.25) is 0 Å². The summed E-state index contributed by atoms with van der Waals surface area (Å²) >= 11 is 0.653. The topological polar surface area (TPSA) is 30.7 Å². The summed E-state index contributed by atoms with van der Waals surface area (Å²) in [6.07, 6.45) is 1.37. The van der Waals surface area contributed by atoms with Crippen molar-refractivity contribution >= 4 is 18.7 Å². The number of halogens is 3. The third kappa shape index (κ3) is 2.76. The molecule has 1 aromatic heterocycles. The van der Waals surface area contributed by atoms with E-state index in [-0.39, 0.29) is 5.16 Å². The Morgan fingerprint density at radius 2 is 2.25 bits per heavy atom. The molecule has 0 N–H and O–H groups in total. The molecule has 3 nitrogen and oxygen atoms in total. The van der Waals surface area contributed by atoms with Crippen molar-refractivity contribution in [2.45, 2.75) is 5.16 Å². The first-order valence-corrected chi connectivity index (χ1v) is 4.15. The fraction of sp³-hybridized carbons (Fsp3) is 0.500. The van der Waals surface area contributed by atoms with E-state index in [2.05, 4.69) is 10.2 Å². The molecule has 8 heteroatoms. The molecule has 1 rings (SSSR count). The van der Waals surface area contributed by atoms with Crippen LogP contribution in [0.1, 0.15) is 0 Å². The highest BCUT2D eigenvalue weighted by molar-refractivity contribution is 8.00. The minimum atomic E-state index is -4.74. The van der Waals surface area contributed by atoms with Gasteiger partial charge in [0.1, 0.15) is 6.33 Å². The lowest BCUT2D eigenvalue weighted by Gasteiger charge is -2.11. The van der Waals surface area contributed by atoms with E-state index in [4.69, 9.17) is 0 Å². The SMILES string of the molecule is Cn1cnnc1SC[B-](F)(F)F. The summed E-state index contributed by atoms with van der Waals surface area (Å²) in [6.45, 7) is -4.74. The largest absolute Gasteiger partial charge is 0.488 e. The zero-order valence-electron chi connectivity index (χ0n) is 6.25. The number of aryl methyl sites for hydroxylation is 1. The van der Waals surface area contributed by atoms with Crippen LogP contribution in [-0.2, 0) is 7.05 Å². The minimum absolute atomic E-state index is 0.286. The van der Waals surface area contributed by atoms with Gasteiger partial charge >= 0.3 is 6.98 Å². The molecule has 0 amide bonds. The van der Waals surface area contributed by atoms with Gasteiger partial charge in [0.15, 0.2) is 5.16 Å². The molecule has 1 aromatic rings. The zero-order valence-corrected chi connectivity index (χ0v) is 7.06. The van der Waals surface area contributed by atoms with Gasteiger partial charge in [-0.1, -0.05) is 0 Å². The Hall–Kier alpha value is -0.655. The van der Waals surface area contributed by atoms with Crippen LogP contribution in [0.5, 0.6) is 0 Å². The number of rotatable bonds is 3. The van der Waals surface area contributed by atoms with Gasteiger partial charge in [0.05, 0.1) is 0 Å². The van der Waals surface area contributed by atoms with Crippen molar-refractivity contribution in [3.63, 3.8) is 0 Å². The summed E-state index contributed by atoms with van der Waals surface area (Å²) in [6, 6.07) is 0. The van der Waals surface area contributed by atoms with Gasteiger partial charge in [0.2, 0.25) is 0 Å². The lowest BCUT2D eigenvalue weighted by atomic mass is 9.98. The minimum Gasteiger partial charge on any atom is -0.448 e. The molecule has 0 bridgehead atoms. The van der Waals surface area contributed by atoms with Crippen molar-refractivity contribution in [1.82, 2.24) is 14.8 Å². The van der Waals surface area contributed by atoms with Crippen LogP contribution in [0.15, 0.2) is 11.5 Å². The maximum absolute atomic E-state index is 11.8. The Labute approximate surface area is 71.4 Å². The molecule has 0 atom stereocenters. The smallest absolute Gasteiger partial charge is 0.448 e. The molecule has 0 aliphatic rings. The average molecular weight is 196 g/mol. The monoisotopic (exact) mass is 196 g/mol. The van der Waals surface area contributed by atoms with Crippen molar-refractivity contribution in [2.24, 2.45) is 7.05 Å². The molecular formula is C4H6BF3N3S-. The Balaban J connectivity index is 2.49. The molecule has 0 fully saturated rings. The van der Waals surface area contributed by atoms with Crippen LogP contribution in [0, 0.1) is 0 Å². The van der Waals surface area contributed by atoms with Crippen molar-refractivity contribution in [1.29, 1.82) is 0 Å². The molecule has 12 heavy (non-hydrogen) atoms. The van der Waals surface area contributed by atoms with Gasteiger partial charge in [0, 0.05) is 7.05 Å². The van der Waals surface area contributed by atoms with Crippen molar-refractivity contribution < 1.29 is 12.9 Å². The van der Waals surface area contributed by atoms with Gasteiger partial charge in [-0.25, -0.2) is 0 Å². The lowest BCUT2D eigenvalue weighted by Crippen LogP contribution is -2.19. The Morgan fingerprint density at radius 3 is 2.67 bits per heavy atom. The van der Waals surface area contributed by atoms with E-state index in [9.17, 15) is 12.9 Å². The van der Waals surface area contributed by atoms with Gasteiger partial charge in [0.25, 0.3) is 0 Å². The quantitative estimate of drug-likeness (QED) is 0.539. The van der Waals surface area contributed by atoms with Gasteiger partial charge in [-0.05, 0) is 5.65 Å². The van der Waals surface area contributed by atoms with Gasteiger partial charge < -0.3 is 17.5 Å². The third-order valence-electron chi connectivity index (χ3n) is 1.07. The maximum atomic E-state index is 11.8. The normalized spacial score (nSPS) is 12.0. The van der Waals surface area contributed by atoms with E-state index >= 15 is 0 Å². The second kappa shape index (κ2) is 3.38. The molecule has 1 heterocycles. The first kappa shape index (κ1) is 9.43. The highest BCUT2D eigenvalue weighted by atomic mass is 32.2. The molecule has 0 aliphatic heterocycles. The van der Waals surface area contributed by atoms with Crippen LogP contribution in [0.4, 0.5) is 12.9 Å². The maximum Gasteiger partial charge on any atom is 0.488 e. The lowest BCUT2D eigenvalue weighted by molar-refractivity contribution is 0.485. The highest BCUT2D eigenvalue weighted by Crippen LogP contribution is 2.21. The number of thioether (sulfide) groups is 1. The predicted octanol–water partition coefficient (Wildman–Crippen LogP) is 1.29. The molecule has 0 unspecified atom stereocenters. The van der Waals surface area contributed by atoms with Crippen LogP contribution < -0.4 is 0 Å². The van der Waals surface area contributed by atoms with Gasteiger partial charge in [-0.3, -0.25) is 0 Å². The van der Waals surface area contributed by atoms with E-state index in [1.807, 2.05) is 0 Å². The van der Waals surface area contributed by atoms with Gasteiger partial charge in [-0.2, -0.15) is 0 Å². The zero-order chi connectivity index (χ0) is 9.19. The fourth-order valence-electron chi connectivity index (χ4n) is 0.572. The van der Waals surface area contributed by atoms with Crippen molar-refractivity contribution in [3.8, 4) is 0 Å². The average Bonchev–Trinajstić information content (AvgIpc) is 2.29. The molecule has 0 saturated carbocycles. The number of hydrogen-bond acceptors (Lipinski definition) is 3. The number of nitrogens with zero attached hydrogens (tertiary/aromatic N) is 3. The summed E-state index contributed by atoms with van der Waals surface area (Å²) in [7, 11) is 1.60. The van der Waals surface area contributed by atoms with Crippen LogP contribution in [0.3, 0.4) is 0 Å². The van der Waals surface area contributed by atoms with Gasteiger partial charge in [-0.15, -0.1) is 22.0 Å². The molecule has 68 valence electrons. The van der Waals surface area contributed by atoms with E-state index in [1.165, 1.54) is 10.9 Å². The summed E-state index contributed by atoms with van der Waals surface area (Å²) in [5, 5.41) is 7.25. The van der Waals surface area contributed by atoms with E-state index in [1.54, 1.807) is 7.05 Å². The molecule has 0 saturated heterocycles. The Morgan fingerprint density at radius 1 is 1.58 bits per heavy atom. The highest BCUT2D eigenvalue weighted by Gasteiger charge is 2.23. The molecule has 0 spiro atoms. The summed E-state index contributed by atoms with van der Waals surface area (Å²) < 4.78 is 36.7. The first-order valence-electron chi connectivity index (χ1n) is 3.17. The number of aromatic nitrogens is 3. The van der Waals surface area contributed by atoms with Crippen LogP contribution in [0.25, 0.3) is 0 Å². The predicted molar refractivity (Wildman–Crippen MR) is 40.8 cm³/mol. The standard InChI is InChI=1S/C4H6BF3N3S/c1-11-3-9-10-4(11)12-2-5(6,7)8/h3H,2H2,1H3/q-1. The van der Waals surface area contributed by atoms with E-state index in [0.717, 1.165) is 0 Å². The Kier molecular flexibility index (Phi) is 2.66. The molecule has 0 radical (unpaired) electrons. The molecule has 0 aromatic carbocycles. The number of hydrogen-bond donors (Lipinski definition) is 0. The van der Waals surface area contributed by atoms with Crippen LogP contribution in [-0.4, -0.2) is 27.4 Å². The summed E-state index contributed by atoms with van der Waals surface area (Å²) in [5.41, 5.74) is -0.869. The molecular weight excluding hydrogens is 190 g/mol. The second-order valence-electron chi connectivity index (χ2n) is 2.25. The summed E-state index contributed by atoms with van der Waals surface area (Å²) in [4.78, 5) is 0. The third-order valence-corrected chi connectivity index (χ3v) is 2.24. The first-order chi connectivity index (χ1) is 5.49. The fourth-order valence-corrected chi connectivity index (χ4v) is 1.27. The van der Waals surface area contributed by atoms with E-state index < -0.39 is 12.6 Å². The summed E-state index contributed by atoms with van der Waals surface area (Å²) in [5.74, 6) is 0. The Bertz CT molecular complexity index is 260. The van der Waals surface area contributed by atoms with E-state index in [0.29, 0.717) is 11.8 Å². The van der Waals surface area contributed by atoms with Crippen LogP contribution >= 0.6 is 11.8 Å². The van der Waals surface area contributed by atoms with Crippen molar-refractivity contribution in [2.75, 3.05) is 5.65 Å². The second-order valence-corrected chi connectivity index (χ2v) is 3.23. The van der Waals surface area contributed by atoms with Crippen molar-refractivity contribution in [3.05, 3.63) is 6.33 Å². The molecule has 0 aliphatic carbocycles.